The lowest BCUT2D eigenvalue weighted by Gasteiger charge is -2.31. The highest BCUT2D eigenvalue weighted by Gasteiger charge is 2.24. The lowest BCUT2D eigenvalue weighted by atomic mass is 9.96. The van der Waals surface area contributed by atoms with Crippen molar-refractivity contribution in [2.24, 2.45) is 11.7 Å². The van der Waals surface area contributed by atoms with Gasteiger partial charge in [-0.25, -0.2) is 0 Å². The first kappa shape index (κ1) is 16.5. The Hall–Kier alpha value is -1.89. The topological polar surface area (TPSA) is 64.8 Å². The summed E-state index contributed by atoms with van der Waals surface area (Å²) in [6.45, 7) is -1.11. The lowest BCUT2D eigenvalue weighted by Crippen LogP contribution is -2.40. The third-order valence-corrected chi connectivity index (χ3v) is 3.86. The molecule has 0 saturated carbocycles. The van der Waals surface area contributed by atoms with E-state index in [0.717, 1.165) is 12.8 Å². The highest BCUT2D eigenvalue weighted by molar-refractivity contribution is 5.95. The molecular formula is C15H20F2N2O3. The zero-order chi connectivity index (χ0) is 16.1. The second kappa shape index (κ2) is 7.40. The molecule has 1 heterocycles. The number of carbonyl (C=O) groups is 1. The van der Waals surface area contributed by atoms with Crippen molar-refractivity contribution in [1.29, 1.82) is 0 Å². The van der Waals surface area contributed by atoms with E-state index in [-0.39, 0.29) is 17.4 Å². The Morgan fingerprint density at radius 1 is 1.36 bits per heavy atom. The summed E-state index contributed by atoms with van der Waals surface area (Å²) >= 11 is 0. The molecule has 1 fully saturated rings. The van der Waals surface area contributed by atoms with Gasteiger partial charge < -0.3 is 20.1 Å². The first-order valence-electron chi connectivity index (χ1n) is 7.17. The summed E-state index contributed by atoms with van der Waals surface area (Å²) in [5.41, 5.74) is 5.94. The van der Waals surface area contributed by atoms with Crippen molar-refractivity contribution in [3.05, 3.63) is 23.8 Å². The number of halogens is 2. The van der Waals surface area contributed by atoms with Gasteiger partial charge in [-0.05, 0) is 43.5 Å². The zero-order valence-corrected chi connectivity index (χ0v) is 12.4. The molecule has 0 unspecified atom stereocenters. The van der Waals surface area contributed by atoms with E-state index in [0.29, 0.717) is 31.1 Å². The van der Waals surface area contributed by atoms with Gasteiger partial charge in [-0.15, -0.1) is 0 Å². The standard InChI is InChI=1S/C15H20F2N2O3/c1-21-12-3-2-11(8-13(12)22-15(16)17)14(20)19-6-4-10(9-18)5-7-19/h2-3,8,10,15H,4-7,9,18H2,1H3. The predicted molar refractivity (Wildman–Crippen MR) is 77.3 cm³/mol. The number of hydrogen-bond donors (Lipinski definition) is 1. The van der Waals surface area contributed by atoms with Crippen LogP contribution in [0.5, 0.6) is 11.5 Å². The van der Waals surface area contributed by atoms with Crippen LogP contribution in [0.4, 0.5) is 8.78 Å². The number of nitrogens with zero attached hydrogens (tertiary/aromatic N) is 1. The predicted octanol–water partition coefficient (Wildman–Crippen LogP) is 2.11. The van der Waals surface area contributed by atoms with E-state index in [4.69, 9.17) is 10.5 Å². The Morgan fingerprint density at radius 3 is 2.59 bits per heavy atom. The van der Waals surface area contributed by atoms with Gasteiger partial charge in [-0.2, -0.15) is 8.78 Å². The van der Waals surface area contributed by atoms with Crippen molar-refractivity contribution < 1.29 is 23.0 Å². The number of piperidine rings is 1. The van der Waals surface area contributed by atoms with Crippen LogP contribution in [0.25, 0.3) is 0 Å². The van der Waals surface area contributed by atoms with Crippen LogP contribution in [0.1, 0.15) is 23.2 Å². The highest BCUT2D eigenvalue weighted by atomic mass is 19.3. The number of likely N-dealkylation sites (tertiary alicyclic amines) is 1. The van der Waals surface area contributed by atoms with E-state index in [1.54, 1.807) is 11.0 Å². The molecule has 0 bridgehead atoms. The van der Waals surface area contributed by atoms with Gasteiger partial charge in [0.05, 0.1) is 7.11 Å². The van der Waals surface area contributed by atoms with E-state index in [1.807, 2.05) is 0 Å². The van der Waals surface area contributed by atoms with Gasteiger partial charge in [0.2, 0.25) is 0 Å². The third-order valence-electron chi connectivity index (χ3n) is 3.86. The Morgan fingerprint density at radius 2 is 2.05 bits per heavy atom. The second-order valence-electron chi connectivity index (χ2n) is 5.22. The number of hydrogen-bond acceptors (Lipinski definition) is 4. The van der Waals surface area contributed by atoms with Crippen molar-refractivity contribution in [2.45, 2.75) is 19.5 Å². The number of alkyl halides is 2. The summed E-state index contributed by atoms with van der Waals surface area (Å²) in [6.07, 6.45) is 1.72. The number of amides is 1. The third kappa shape index (κ3) is 3.85. The van der Waals surface area contributed by atoms with Crippen LogP contribution in [0.3, 0.4) is 0 Å². The molecule has 1 saturated heterocycles. The molecule has 2 N–H and O–H groups in total. The van der Waals surface area contributed by atoms with Crippen molar-refractivity contribution in [3.8, 4) is 11.5 Å². The van der Waals surface area contributed by atoms with Gasteiger partial charge in [-0.1, -0.05) is 0 Å². The van der Waals surface area contributed by atoms with Crippen LogP contribution in [0.2, 0.25) is 0 Å². The molecule has 2 rings (SSSR count). The molecule has 0 spiro atoms. The van der Waals surface area contributed by atoms with Crippen LogP contribution in [-0.4, -0.2) is 44.2 Å². The molecule has 0 atom stereocenters. The molecule has 1 aromatic rings. The fourth-order valence-electron chi connectivity index (χ4n) is 2.55. The Kier molecular flexibility index (Phi) is 5.54. The minimum atomic E-state index is -2.97. The summed E-state index contributed by atoms with van der Waals surface area (Å²) in [5.74, 6) is 0.272. The van der Waals surface area contributed by atoms with Crippen molar-refractivity contribution >= 4 is 5.91 Å². The lowest BCUT2D eigenvalue weighted by molar-refractivity contribution is -0.0512. The largest absolute Gasteiger partial charge is 0.493 e. The van der Waals surface area contributed by atoms with Crippen LogP contribution >= 0.6 is 0 Å². The minimum Gasteiger partial charge on any atom is -0.493 e. The second-order valence-corrected chi connectivity index (χ2v) is 5.22. The smallest absolute Gasteiger partial charge is 0.387 e. The first-order chi connectivity index (χ1) is 10.5. The molecule has 1 aliphatic heterocycles. The minimum absolute atomic E-state index is 0.139. The number of benzene rings is 1. The molecule has 1 amide bonds. The van der Waals surface area contributed by atoms with Gasteiger partial charge in [0, 0.05) is 18.7 Å². The molecule has 0 radical (unpaired) electrons. The van der Waals surface area contributed by atoms with Crippen molar-refractivity contribution in [2.75, 3.05) is 26.7 Å². The molecular weight excluding hydrogens is 294 g/mol. The maximum Gasteiger partial charge on any atom is 0.387 e. The van der Waals surface area contributed by atoms with Crippen LogP contribution in [0.15, 0.2) is 18.2 Å². The molecule has 1 aromatic carbocycles. The van der Waals surface area contributed by atoms with Crippen LogP contribution in [-0.2, 0) is 0 Å². The summed E-state index contributed by atoms with van der Waals surface area (Å²) in [6, 6.07) is 4.30. The van der Waals surface area contributed by atoms with E-state index in [1.165, 1.54) is 19.2 Å². The van der Waals surface area contributed by atoms with Crippen LogP contribution in [0, 0.1) is 5.92 Å². The maximum atomic E-state index is 12.4. The molecule has 0 aromatic heterocycles. The summed E-state index contributed by atoms with van der Waals surface area (Å²) in [5, 5.41) is 0. The monoisotopic (exact) mass is 314 g/mol. The molecule has 1 aliphatic rings. The average Bonchev–Trinajstić information content (AvgIpc) is 2.53. The molecule has 0 aliphatic carbocycles. The van der Waals surface area contributed by atoms with E-state index in [2.05, 4.69) is 4.74 Å². The van der Waals surface area contributed by atoms with Gasteiger partial charge in [-0.3, -0.25) is 4.79 Å². The summed E-state index contributed by atoms with van der Waals surface area (Å²) < 4.78 is 34.2. The number of ether oxygens (including phenoxy) is 2. The molecule has 5 nitrogen and oxygen atoms in total. The normalized spacial score (nSPS) is 16.0. The maximum absolute atomic E-state index is 12.4. The van der Waals surface area contributed by atoms with Crippen molar-refractivity contribution in [1.82, 2.24) is 4.90 Å². The average molecular weight is 314 g/mol. The zero-order valence-electron chi connectivity index (χ0n) is 12.4. The van der Waals surface area contributed by atoms with E-state index >= 15 is 0 Å². The van der Waals surface area contributed by atoms with Crippen LogP contribution < -0.4 is 15.2 Å². The fraction of sp³-hybridized carbons (Fsp3) is 0.533. The van der Waals surface area contributed by atoms with E-state index in [9.17, 15) is 13.6 Å². The van der Waals surface area contributed by atoms with Gasteiger partial charge in [0.15, 0.2) is 11.5 Å². The number of methoxy groups -OCH3 is 1. The van der Waals surface area contributed by atoms with Crippen molar-refractivity contribution in [3.63, 3.8) is 0 Å². The summed E-state index contributed by atoms with van der Waals surface area (Å²) in [4.78, 5) is 14.2. The molecule has 7 heteroatoms. The summed E-state index contributed by atoms with van der Waals surface area (Å²) in [7, 11) is 1.35. The Bertz CT molecular complexity index is 518. The Labute approximate surface area is 128 Å². The fourth-order valence-corrected chi connectivity index (χ4v) is 2.55. The molecule has 22 heavy (non-hydrogen) atoms. The van der Waals surface area contributed by atoms with Gasteiger partial charge in [0.25, 0.3) is 5.91 Å². The van der Waals surface area contributed by atoms with Gasteiger partial charge in [0.1, 0.15) is 0 Å². The first-order valence-corrected chi connectivity index (χ1v) is 7.17. The van der Waals surface area contributed by atoms with E-state index < -0.39 is 6.61 Å². The number of rotatable bonds is 5. The quantitative estimate of drug-likeness (QED) is 0.904. The highest BCUT2D eigenvalue weighted by Crippen LogP contribution is 2.30. The number of nitrogens with two attached hydrogens (primary N) is 1. The van der Waals surface area contributed by atoms with Gasteiger partial charge >= 0.3 is 6.61 Å². The molecule has 122 valence electrons. The SMILES string of the molecule is COc1ccc(C(=O)N2CCC(CN)CC2)cc1OC(F)F. The number of carbonyl (C=O) groups excluding carboxylic acids is 1. The Balaban J connectivity index is 2.12.